The molecule has 76 valence electrons. The molecule has 0 saturated heterocycles. The first kappa shape index (κ1) is 9.63. The van der Waals surface area contributed by atoms with Crippen LogP contribution >= 0.6 is 0 Å². The predicted octanol–water partition coefficient (Wildman–Crippen LogP) is 2.71. The van der Waals surface area contributed by atoms with Gasteiger partial charge in [-0.3, -0.25) is 0 Å². The van der Waals surface area contributed by atoms with Gasteiger partial charge in [0, 0.05) is 17.0 Å². The van der Waals surface area contributed by atoms with Crippen LogP contribution < -0.4 is 0 Å². The molecule has 1 fully saturated rings. The SMILES string of the molecule is CCc1nc(C)nc(C)c1C1(C)CC1. The molecule has 1 saturated carbocycles. The van der Waals surface area contributed by atoms with Crippen LogP contribution in [0.5, 0.6) is 0 Å². The van der Waals surface area contributed by atoms with Crippen LogP contribution in [0.2, 0.25) is 0 Å². The van der Waals surface area contributed by atoms with E-state index in [4.69, 9.17) is 0 Å². The smallest absolute Gasteiger partial charge is 0.125 e. The van der Waals surface area contributed by atoms with Gasteiger partial charge in [-0.1, -0.05) is 13.8 Å². The summed E-state index contributed by atoms with van der Waals surface area (Å²) in [7, 11) is 0. The molecule has 0 spiro atoms. The molecule has 2 nitrogen and oxygen atoms in total. The summed E-state index contributed by atoms with van der Waals surface area (Å²) in [5.41, 5.74) is 4.26. The number of nitrogens with zero attached hydrogens (tertiary/aromatic N) is 2. The van der Waals surface area contributed by atoms with Crippen molar-refractivity contribution >= 4 is 0 Å². The largest absolute Gasteiger partial charge is 0.238 e. The van der Waals surface area contributed by atoms with E-state index >= 15 is 0 Å². The molecule has 0 aliphatic heterocycles. The Labute approximate surface area is 85.8 Å². The Morgan fingerprint density at radius 2 is 1.86 bits per heavy atom. The summed E-state index contributed by atoms with van der Waals surface area (Å²) in [4.78, 5) is 9.03. The fraction of sp³-hybridized carbons (Fsp3) is 0.667. The molecule has 0 bridgehead atoms. The van der Waals surface area contributed by atoms with E-state index in [1.807, 2.05) is 6.92 Å². The van der Waals surface area contributed by atoms with Crippen molar-refractivity contribution in [3.05, 3.63) is 22.8 Å². The van der Waals surface area contributed by atoms with Crippen LogP contribution in [-0.2, 0) is 11.8 Å². The van der Waals surface area contributed by atoms with E-state index in [0.29, 0.717) is 5.41 Å². The van der Waals surface area contributed by atoms with Crippen molar-refractivity contribution in [2.75, 3.05) is 0 Å². The molecule has 2 rings (SSSR count). The summed E-state index contributed by atoms with van der Waals surface area (Å²) in [5.74, 6) is 0.910. The van der Waals surface area contributed by atoms with Gasteiger partial charge >= 0.3 is 0 Å². The van der Waals surface area contributed by atoms with Crippen LogP contribution in [0, 0.1) is 13.8 Å². The Balaban J connectivity index is 2.56. The van der Waals surface area contributed by atoms with Crippen LogP contribution in [0.4, 0.5) is 0 Å². The van der Waals surface area contributed by atoms with Crippen molar-refractivity contribution < 1.29 is 0 Å². The fourth-order valence-corrected chi connectivity index (χ4v) is 2.26. The van der Waals surface area contributed by atoms with Gasteiger partial charge in [-0.15, -0.1) is 0 Å². The lowest BCUT2D eigenvalue weighted by atomic mass is 9.94. The molecule has 1 aromatic rings. The van der Waals surface area contributed by atoms with Gasteiger partial charge in [0.2, 0.25) is 0 Å². The maximum absolute atomic E-state index is 4.55. The Morgan fingerprint density at radius 3 is 2.36 bits per heavy atom. The first-order chi connectivity index (χ1) is 6.57. The minimum absolute atomic E-state index is 0.392. The topological polar surface area (TPSA) is 25.8 Å². The molecule has 0 aromatic carbocycles. The maximum Gasteiger partial charge on any atom is 0.125 e. The van der Waals surface area contributed by atoms with Crippen molar-refractivity contribution in [3.63, 3.8) is 0 Å². The van der Waals surface area contributed by atoms with Crippen LogP contribution in [0.1, 0.15) is 49.5 Å². The Kier molecular flexibility index (Phi) is 2.09. The Bertz CT molecular complexity index is 365. The third-order valence-corrected chi connectivity index (χ3v) is 3.22. The van der Waals surface area contributed by atoms with Gasteiger partial charge in [0.1, 0.15) is 5.82 Å². The molecule has 0 unspecified atom stereocenters. The molecule has 1 aliphatic carbocycles. The molecular weight excluding hydrogens is 172 g/mol. The predicted molar refractivity (Wildman–Crippen MR) is 57.5 cm³/mol. The molecule has 1 aromatic heterocycles. The summed E-state index contributed by atoms with van der Waals surface area (Å²) >= 11 is 0. The van der Waals surface area contributed by atoms with Crippen LogP contribution in [0.15, 0.2) is 0 Å². The molecule has 0 atom stereocenters. The minimum Gasteiger partial charge on any atom is -0.238 e. The van der Waals surface area contributed by atoms with Crippen LogP contribution in [0.25, 0.3) is 0 Å². The molecule has 1 aliphatic rings. The van der Waals surface area contributed by atoms with Crippen molar-refractivity contribution in [1.29, 1.82) is 0 Å². The van der Waals surface area contributed by atoms with Gasteiger partial charge in [-0.2, -0.15) is 0 Å². The van der Waals surface area contributed by atoms with Gasteiger partial charge in [0.15, 0.2) is 0 Å². The average molecular weight is 190 g/mol. The summed E-state index contributed by atoms with van der Waals surface area (Å²) < 4.78 is 0. The number of hydrogen-bond acceptors (Lipinski definition) is 2. The van der Waals surface area contributed by atoms with E-state index < -0.39 is 0 Å². The van der Waals surface area contributed by atoms with E-state index in [0.717, 1.165) is 12.2 Å². The average Bonchev–Trinajstić information content (AvgIpc) is 2.82. The summed E-state index contributed by atoms with van der Waals surface area (Å²) in [6.45, 7) is 8.60. The molecule has 0 N–H and O–H groups in total. The molecule has 0 radical (unpaired) electrons. The van der Waals surface area contributed by atoms with Gasteiger partial charge in [-0.25, -0.2) is 9.97 Å². The lowest BCUT2D eigenvalue weighted by Gasteiger charge is -2.16. The van der Waals surface area contributed by atoms with Crippen molar-refractivity contribution in [3.8, 4) is 0 Å². The van der Waals surface area contributed by atoms with E-state index in [9.17, 15) is 0 Å². The third kappa shape index (κ3) is 1.43. The first-order valence-electron chi connectivity index (χ1n) is 5.41. The van der Waals surface area contributed by atoms with Crippen molar-refractivity contribution in [2.45, 2.75) is 52.4 Å². The number of hydrogen-bond donors (Lipinski definition) is 0. The second-order valence-corrected chi connectivity index (χ2v) is 4.59. The summed E-state index contributed by atoms with van der Waals surface area (Å²) in [6.07, 6.45) is 3.62. The van der Waals surface area contributed by atoms with Crippen molar-refractivity contribution in [2.24, 2.45) is 0 Å². The molecule has 0 amide bonds. The highest BCUT2D eigenvalue weighted by Crippen LogP contribution is 2.49. The highest BCUT2D eigenvalue weighted by Gasteiger charge is 2.42. The first-order valence-corrected chi connectivity index (χ1v) is 5.41. The second-order valence-electron chi connectivity index (χ2n) is 4.59. The fourth-order valence-electron chi connectivity index (χ4n) is 2.26. The highest BCUT2D eigenvalue weighted by molar-refractivity contribution is 5.37. The Hall–Kier alpha value is -0.920. The second kappa shape index (κ2) is 3.04. The summed E-state index contributed by atoms with van der Waals surface area (Å²) in [6, 6.07) is 0. The van der Waals surface area contributed by atoms with Crippen LogP contribution in [-0.4, -0.2) is 9.97 Å². The number of aryl methyl sites for hydroxylation is 3. The molecule has 2 heteroatoms. The number of rotatable bonds is 2. The molecule has 14 heavy (non-hydrogen) atoms. The maximum atomic E-state index is 4.55. The van der Waals surface area contributed by atoms with Gasteiger partial charge in [0.25, 0.3) is 0 Å². The zero-order valence-electron chi connectivity index (χ0n) is 9.52. The van der Waals surface area contributed by atoms with Crippen molar-refractivity contribution in [1.82, 2.24) is 9.97 Å². The quantitative estimate of drug-likeness (QED) is 0.716. The zero-order valence-corrected chi connectivity index (χ0v) is 9.52. The van der Waals surface area contributed by atoms with E-state index in [1.165, 1.54) is 29.8 Å². The van der Waals surface area contributed by atoms with E-state index in [-0.39, 0.29) is 0 Å². The Morgan fingerprint density at radius 1 is 1.21 bits per heavy atom. The van der Waals surface area contributed by atoms with Crippen LogP contribution in [0.3, 0.4) is 0 Å². The zero-order chi connectivity index (χ0) is 10.3. The molecular formula is C12H18N2. The third-order valence-electron chi connectivity index (χ3n) is 3.22. The monoisotopic (exact) mass is 190 g/mol. The minimum atomic E-state index is 0.392. The lowest BCUT2D eigenvalue weighted by Crippen LogP contribution is -2.12. The lowest BCUT2D eigenvalue weighted by molar-refractivity contribution is 0.727. The molecule has 1 heterocycles. The van der Waals surface area contributed by atoms with E-state index in [2.05, 4.69) is 30.7 Å². The standard InChI is InChI=1S/C12H18N2/c1-5-10-11(12(4)6-7-12)8(2)13-9(3)14-10/h5-7H2,1-4H3. The normalized spacial score (nSPS) is 18.3. The number of aromatic nitrogens is 2. The van der Waals surface area contributed by atoms with Gasteiger partial charge in [-0.05, 0) is 38.5 Å². The highest BCUT2D eigenvalue weighted by atomic mass is 14.9. The van der Waals surface area contributed by atoms with E-state index in [1.54, 1.807) is 0 Å². The van der Waals surface area contributed by atoms with Gasteiger partial charge in [0.05, 0.1) is 0 Å². The summed E-state index contributed by atoms with van der Waals surface area (Å²) in [5, 5.41) is 0. The van der Waals surface area contributed by atoms with Gasteiger partial charge < -0.3 is 0 Å².